The molecule has 0 aromatic heterocycles. The van der Waals surface area contributed by atoms with E-state index in [-0.39, 0.29) is 0 Å². The van der Waals surface area contributed by atoms with Gasteiger partial charge in [0.1, 0.15) is 0 Å². The molecule has 2 heterocycles. The molecule has 1 aromatic rings. The maximum absolute atomic E-state index is 4.95. The van der Waals surface area contributed by atoms with Crippen molar-refractivity contribution in [1.29, 1.82) is 0 Å². The molecule has 0 unspecified atom stereocenters. The van der Waals surface area contributed by atoms with Crippen molar-refractivity contribution in [2.24, 2.45) is 4.99 Å². The van der Waals surface area contributed by atoms with Gasteiger partial charge in [-0.15, -0.1) is 0 Å². The van der Waals surface area contributed by atoms with Gasteiger partial charge in [0.25, 0.3) is 0 Å². The van der Waals surface area contributed by atoms with Crippen molar-refractivity contribution in [3.63, 3.8) is 0 Å². The highest BCUT2D eigenvalue weighted by atomic mass is 15.2. The number of nitrogens with one attached hydrogen (secondary N) is 2. The Bertz CT molecular complexity index is 628. The fourth-order valence-electron chi connectivity index (χ4n) is 4.46. The first-order valence-electron chi connectivity index (χ1n) is 11.7. The Morgan fingerprint density at radius 2 is 1.72 bits per heavy atom. The zero-order valence-electron chi connectivity index (χ0n) is 18.8. The van der Waals surface area contributed by atoms with Gasteiger partial charge in [-0.25, -0.2) is 4.99 Å². The first-order chi connectivity index (χ1) is 14.2. The van der Waals surface area contributed by atoms with Crippen LogP contribution in [0.5, 0.6) is 0 Å². The van der Waals surface area contributed by atoms with Crippen LogP contribution < -0.4 is 10.6 Å². The molecule has 0 atom stereocenters. The van der Waals surface area contributed by atoms with Crippen LogP contribution in [0.4, 0.5) is 0 Å². The van der Waals surface area contributed by atoms with E-state index in [0.29, 0.717) is 12.1 Å². The van der Waals surface area contributed by atoms with E-state index in [1.54, 1.807) is 0 Å². The van der Waals surface area contributed by atoms with Gasteiger partial charge in [0.15, 0.2) is 5.96 Å². The fourth-order valence-corrected chi connectivity index (χ4v) is 4.46. The van der Waals surface area contributed by atoms with E-state index in [9.17, 15) is 0 Å². The minimum Gasteiger partial charge on any atom is -0.357 e. The number of benzene rings is 1. The molecule has 0 spiro atoms. The topological polar surface area (TPSA) is 42.9 Å². The minimum absolute atomic E-state index is 0.520. The van der Waals surface area contributed by atoms with Crippen molar-refractivity contribution >= 4 is 5.96 Å². The van der Waals surface area contributed by atoms with Crippen LogP contribution >= 0.6 is 0 Å². The summed E-state index contributed by atoms with van der Waals surface area (Å²) in [7, 11) is 0. The monoisotopic (exact) mass is 399 g/mol. The third-order valence-electron chi connectivity index (χ3n) is 6.31. The third kappa shape index (κ3) is 7.00. The summed E-state index contributed by atoms with van der Waals surface area (Å²) >= 11 is 0. The van der Waals surface area contributed by atoms with Crippen molar-refractivity contribution in [2.75, 3.05) is 32.7 Å². The molecule has 29 heavy (non-hydrogen) atoms. The lowest BCUT2D eigenvalue weighted by molar-refractivity contribution is 0.167. The Balaban J connectivity index is 1.58. The van der Waals surface area contributed by atoms with E-state index in [4.69, 9.17) is 4.99 Å². The van der Waals surface area contributed by atoms with Crippen molar-refractivity contribution in [3.05, 3.63) is 35.4 Å². The Kier molecular flexibility index (Phi) is 8.81. The highest BCUT2D eigenvalue weighted by molar-refractivity contribution is 5.80. The third-order valence-corrected chi connectivity index (χ3v) is 6.31. The average molecular weight is 400 g/mol. The molecular weight excluding hydrogens is 358 g/mol. The molecule has 0 bridgehead atoms. The van der Waals surface area contributed by atoms with Crippen LogP contribution in [-0.2, 0) is 13.1 Å². The SMILES string of the molecule is CCNC(=NCc1ccccc1CN1CCCCC1)NC1CCN(C(C)C)CC1. The van der Waals surface area contributed by atoms with Gasteiger partial charge in [0, 0.05) is 38.3 Å². The van der Waals surface area contributed by atoms with Gasteiger partial charge in [-0.3, -0.25) is 4.90 Å². The van der Waals surface area contributed by atoms with Crippen molar-refractivity contribution in [1.82, 2.24) is 20.4 Å². The summed E-state index contributed by atoms with van der Waals surface area (Å²) in [5, 5.41) is 7.14. The lowest BCUT2D eigenvalue weighted by Gasteiger charge is -2.35. The van der Waals surface area contributed by atoms with Crippen molar-refractivity contribution in [2.45, 2.75) is 78.0 Å². The molecule has 5 heteroatoms. The summed E-state index contributed by atoms with van der Waals surface area (Å²) in [4.78, 5) is 10.1. The van der Waals surface area contributed by atoms with Gasteiger partial charge < -0.3 is 15.5 Å². The van der Waals surface area contributed by atoms with E-state index in [0.717, 1.165) is 25.6 Å². The van der Waals surface area contributed by atoms with Crippen LogP contribution in [0.15, 0.2) is 29.3 Å². The maximum atomic E-state index is 4.95. The van der Waals surface area contributed by atoms with Gasteiger partial charge in [0.2, 0.25) is 0 Å². The average Bonchev–Trinajstić information content (AvgIpc) is 2.74. The van der Waals surface area contributed by atoms with Crippen molar-refractivity contribution in [3.8, 4) is 0 Å². The molecule has 1 aromatic carbocycles. The van der Waals surface area contributed by atoms with E-state index in [2.05, 4.69) is 65.5 Å². The summed E-state index contributed by atoms with van der Waals surface area (Å²) in [5.41, 5.74) is 2.78. The van der Waals surface area contributed by atoms with Gasteiger partial charge in [0.05, 0.1) is 6.54 Å². The van der Waals surface area contributed by atoms with Gasteiger partial charge in [-0.1, -0.05) is 30.7 Å². The molecule has 3 rings (SSSR count). The number of hydrogen-bond acceptors (Lipinski definition) is 3. The lowest BCUT2D eigenvalue weighted by atomic mass is 10.0. The Hall–Kier alpha value is -1.59. The lowest BCUT2D eigenvalue weighted by Crippen LogP contribution is -2.49. The second-order valence-electron chi connectivity index (χ2n) is 8.85. The molecule has 2 saturated heterocycles. The van der Waals surface area contributed by atoms with E-state index in [1.807, 2.05) is 0 Å². The van der Waals surface area contributed by atoms with Crippen LogP contribution in [0.1, 0.15) is 64.0 Å². The maximum Gasteiger partial charge on any atom is 0.191 e. The molecule has 5 nitrogen and oxygen atoms in total. The molecule has 2 aliphatic heterocycles. The molecule has 0 radical (unpaired) electrons. The number of nitrogens with zero attached hydrogens (tertiary/aromatic N) is 3. The van der Waals surface area contributed by atoms with Crippen LogP contribution in [0, 0.1) is 0 Å². The number of hydrogen-bond donors (Lipinski definition) is 2. The molecule has 0 saturated carbocycles. The van der Waals surface area contributed by atoms with Gasteiger partial charge in [-0.2, -0.15) is 0 Å². The number of likely N-dealkylation sites (tertiary alicyclic amines) is 2. The molecule has 2 N–H and O–H groups in total. The highest BCUT2D eigenvalue weighted by Crippen LogP contribution is 2.17. The molecule has 162 valence electrons. The van der Waals surface area contributed by atoms with Crippen LogP contribution in [-0.4, -0.2) is 60.6 Å². The Morgan fingerprint density at radius 3 is 2.38 bits per heavy atom. The van der Waals surface area contributed by atoms with E-state index in [1.165, 1.54) is 69.4 Å². The number of aliphatic imine (C=N–C) groups is 1. The minimum atomic E-state index is 0.520. The second kappa shape index (κ2) is 11.6. The summed E-state index contributed by atoms with van der Waals surface area (Å²) < 4.78 is 0. The predicted molar refractivity (Wildman–Crippen MR) is 123 cm³/mol. The van der Waals surface area contributed by atoms with Crippen molar-refractivity contribution < 1.29 is 0 Å². The van der Waals surface area contributed by atoms with Crippen LogP contribution in [0.25, 0.3) is 0 Å². The molecule has 2 fully saturated rings. The van der Waals surface area contributed by atoms with E-state index >= 15 is 0 Å². The predicted octanol–water partition coefficient (Wildman–Crippen LogP) is 3.60. The number of rotatable bonds is 7. The zero-order valence-corrected chi connectivity index (χ0v) is 18.8. The molecule has 2 aliphatic rings. The molecular formula is C24H41N5. The second-order valence-corrected chi connectivity index (χ2v) is 8.85. The number of piperidine rings is 2. The van der Waals surface area contributed by atoms with Crippen LogP contribution in [0.2, 0.25) is 0 Å². The summed E-state index contributed by atoms with van der Waals surface area (Å²) in [6.07, 6.45) is 6.44. The van der Waals surface area contributed by atoms with Gasteiger partial charge in [-0.05, 0) is 70.7 Å². The van der Waals surface area contributed by atoms with Crippen LogP contribution in [0.3, 0.4) is 0 Å². The fraction of sp³-hybridized carbons (Fsp3) is 0.708. The normalized spacial score (nSPS) is 20.2. The molecule has 0 aliphatic carbocycles. The summed E-state index contributed by atoms with van der Waals surface area (Å²) in [5.74, 6) is 0.961. The quantitative estimate of drug-likeness (QED) is 0.543. The van der Waals surface area contributed by atoms with E-state index < -0.39 is 0 Å². The van der Waals surface area contributed by atoms with Gasteiger partial charge >= 0.3 is 0 Å². The smallest absolute Gasteiger partial charge is 0.191 e. The number of guanidine groups is 1. The Labute approximate surface area is 178 Å². The summed E-state index contributed by atoms with van der Waals surface area (Å²) in [6, 6.07) is 10.0. The largest absolute Gasteiger partial charge is 0.357 e. The standard InChI is InChI=1S/C24H41N5/c1-4-25-24(27-23-12-16-29(17-13-23)20(2)3)26-18-21-10-6-7-11-22(21)19-28-14-8-5-9-15-28/h6-7,10-11,20,23H,4-5,8-9,12-19H2,1-3H3,(H2,25,26,27). The summed E-state index contributed by atoms with van der Waals surface area (Å²) in [6.45, 7) is 14.2. The highest BCUT2D eigenvalue weighted by Gasteiger charge is 2.21. The molecule has 0 amide bonds. The zero-order chi connectivity index (χ0) is 20.5. The Morgan fingerprint density at radius 1 is 1.03 bits per heavy atom. The first kappa shape index (κ1) is 22.1. The first-order valence-corrected chi connectivity index (χ1v) is 11.7.